The Hall–Kier alpha value is -3.16. The van der Waals surface area contributed by atoms with E-state index in [1.165, 1.54) is 5.39 Å². The highest BCUT2D eigenvalue weighted by Crippen LogP contribution is 2.27. The molecule has 0 aliphatic carbocycles. The Morgan fingerprint density at radius 1 is 1.00 bits per heavy atom. The first-order valence-corrected chi connectivity index (χ1v) is 11.8. The molecule has 1 atom stereocenters. The summed E-state index contributed by atoms with van der Waals surface area (Å²) in [6.45, 7) is 1.54. The lowest BCUT2D eigenvalue weighted by molar-refractivity contribution is -0.129. The maximum Gasteiger partial charge on any atom is 0.244 e. The number of unbranched alkanes of at least 4 members (excludes halogenated alkanes) is 3. The van der Waals surface area contributed by atoms with Gasteiger partial charge >= 0.3 is 0 Å². The average molecular weight is 449 g/mol. The third-order valence-corrected chi connectivity index (χ3v) is 6.35. The maximum atomic E-state index is 13.2. The van der Waals surface area contributed by atoms with Gasteiger partial charge in [-0.1, -0.05) is 37.1 Å². The molecule has 0 radical (unpaired) electrons. The van der Waals surface area contributed by atoms with Crippen molar-refractivity contribution in [2.45, 2.75) is 51.0 Å². The normalized spacial score (nSPS) is 15.6. The topological polar surface area (TPSA) is 97.5 Å². The van der Waals surface area contributed by atoms with Crippen LogP contribution in [0.4, 0.5) is 5.69 Å². The van der Waals surface area contributed by atoms with E-state index in [0.717, 1.165) is 67.4 Å². The molecule has 0 spiro atoms. The zero-order valence-corrected chi connectivity index (χ0v) is 18.8. The van der Waals surface area contributed by atoms with Crippen LogP contribution in [0.25, 0.3) is 22.0 Å². The minimum atomic E-state index is -0.352. The van der Waals surface area contributed by atoms with Gasteiger partial charge in [0.2, 0.25) is 11.8 Å². The second-order valence-electron chi connectivity index (χ2n) is 8.66. The van der Waals surface area contributed by atoms with Crippen LogP contribution in [0.2, 0.25) is 0 Å². The Bertz CT molecular complexity index is 1070. The van der Waals surface area contributed by atoms with Crippen LogP contribution in [0.15, 0.2) is 54.7 Å². The predicted octanol–water partition coefficient (Wildman–Crippen LogP) is 4.38. The van der Waals surface area contributed by atoms with Gasteiger partial charge in [-0.25, -0.2) is 5.48 Å². The van der Waals surface area contributed by atoms with Crippen molar-refractivity contribution in [3.05, 3.63) is 54.7 Å². The molecule has 1 aliphatic rings. The summed E-state index contributed by atoms with van der Waals surface area (Å²) in [4.78, 5) is 29.5. The molecule has 7 nitrogen and oxygen atoms in total. The van der Waals surface area contributed by atoms with Gasteiger partial charge in [0.1, 0.15) is 0 Å². The zero-order chi connectivity index (χ0) is 23.0. The van der Waals surface area contributed by atoms with Crippen LogP contribution in [0.1, 0.15) is 44.9 Å². The number of aromatic amines is 1. The van der Waals surface area contributed by atoms with E-state index >= 15 is 0 Å². The molecule has 1 fully saturated rings. The molecule has 1 saturated heterocycles. The molecule has 0 unspecified atom stereocenters. The predicted molar refractivity (Wildman–Crippen MR) is 130 cm³/mol. The molecule has 174 valence electrons. The highest BCUT2D eigenvalue weighted by Gasteiger charge is 2.27. The van der Waals surface area contributed by atoms with Gasteiger partial charge in [0.15, 0.2) is 0 Å². The first-order valence-electron chi connectivity index (χ1n) is 11.8. The maximum absolute atomic E-state index is 13.2. The smallest absolute Gasteiger partial charge is 0.244 e. The summed E-state index contributed by atoms with van der Waals surface area (Å²) in [6.07, 6.45) is 7.57. The molecule has 1 aromatic heterocycles. The van der Waals surface area contributed by atoms with E-state index in [4.69, 9.17) is 5.21 Å². The molecular formula is C26H32N4O3. The van der Waals surface area contributed by atoms with Gasteiger partial charge in [-0.3, -0.25) is 14.8 Å². The van der Waals surface area contributed by atoms with Gasteiger partial charge in [-0.05, 0) is 73.0 Å². The SMILES string of the molecule is O=C(CCCCCCN(C(=O)[C@@H]1CCCN1)c1ccc(-c2ccc3cc[nH]c3c2)cc1)NO. The second-order valence-corrected chi connectivity index (χ2v) is 8.66. The Morgan fingerprint density at radius 2 is 1.79 bits per heavy atom. The largest absolute Gasteiger partial charge is 0.361 e. The van der Waals surface area contributed by atoms with Crippen LogP contribution in [-0.2, 0) is 9.59 Å². The molecule has 3 aromatic rings. The number of hydrogen-bond acceptors (Lipinski definition) is 4. The van der Waals surface area contributed by atoms with Crippen LogP contribution in [0.5, 0.6) is 0 Å². The minimum absolute atomic E-state index is 0.117. The van der Waals surface area contributed by atoms with E-state index in [-0.39, 0.29) is 17.9 Å². The molecular weight excluding hydrogens is 416 g/mol. The summed E-state index contributed by atoms with van der Waals surface area (Å²) in [5.74, 6) is -0.220. The highest BCUT2D eigenvalue weighted by molar-refractivity contribution is 5.97. The van der Waals surface area contributed by atoms with Gasteiger partial charge in [0.05, 0.1) is 6.04 Å². The van der Waals surface area contributed by atoms with Crippen LogP contribution in [-0.4, -0.2) is 41.1 Å². The Balaban J connectivity index is 1.42. The molecule has 2 amide bonds. The summed E-state index contributed by atoms with van der Waals surface area (Å²) < 4.78 is 0. The fraction of sp³-hybridized carbons (Fsp3) is 0.385. The Morgan fingerprint density at radius 3 is 2.55 bits per heavy atom. The number of amides is 2. The summed E-state index contributed by atoms with van der Waals surface area (Å²) in [5, 5.41) is 13.1. The first-order chi connectivity index (χ1) is 16.2. The summed E-state index contributed by atoms with van der Waals surface area (Å²) in [7, 11) is 0. The van der Waals surface area contributed by atoms with Gasteiger partial charge in [0.25, 0.3) is 0 Å². The average Bonchev–Trinajstić information content (AvgIpc) is 3.55. The van der Waals surface area contributed by atoms with E-state index in [1.54, 1.807) is 5.48 Å². The van der Waals surface area contributed by atoms with Crippen LogP contribution in [0, 0.1) is 0 Å². The van der Waals surface area contributed by atoms with Crippen molar-refractivity contribution in [3.63, 3.8) is 0 Å². The molecule has 0 saturated carbocycles. The number of rotatable bonds is 10. The lowest BCUT2D eigenvalue weighted by atomic mass is 10.0. The van der Waals surface area contributed by atoms with E-state index < -0.39 is 0 Å². The summed E-state index contributed by atoms with van der Waals surface area (Å²) in [5.41, 5.74) is 5.94. The highest BCUT2D eigenvalue weighted by atomic mass is 16.5. The number of hydrogen-bond donors (Lipinski definition) is 4. The van der Waals surface area contributed by atoms with Crippen molar-refractivity contribution in [3.8, 4) is 11.1 Å². The number of benzene rings is 2. The third kappa shape index (κ3) is 5.80. The number of carbonyl (C=O) groups excluding carboxylic acids is 2. The van der Waals surface area contributed by atoms with Gasteiger partial charge in [-0.2, -0.15) is 0 Å². The lowest BCUT2D eigenvalue weighted by Crippen LogP contribution is -2.44. The van der Waals surface area contributed by atoms with Crippen molar-refractivity contribution >= 4 is 28.4 Å². The van der Waals surface area contributed by atoms with E-state index in [2.05, 4.69) is 46.7 Å². The van der Waals surface area contributed by atoms with Gasteiger partial charge < -0.3 is 15.2 Å². The number of fused-ring (bicyclic) bond motifs is 1. The second kappa shape index (κ2) is 11.1. The van der Waals surface area contributed by atoms with Crippen molar-refractivity contribution in [2.24, 2.45) is 0 Å². The standard InChI is InChI=1S/C26H32N4O3/c31-25(29-33)7-3-1-2-4-17-30(26(32)23-6-5-15-27-23)22-12-10-19(11-13-22)21-9-8-20-14-16-28-24(20)18-21/h8-14,16,18,23,27-28,33H,1-7,15,17H2,(H,29,31)/t23-/m0/s1. The number of aromatic nitrogens is 1. The molecule has 2 heterocycles. The summed E-state index contributed by atoms with van der Waals surface area (Å²) >= 11 is 0. The zero-order valence-electron chi connectivity index (χ0n) is 18.8. The monoisotopic (exact) mass is 448 g/mol. The number of H-pyrrole nitrogens is 1. The van der Waals surface area contributed by atoms with E-state index in [1.807, 2.05) is 23.2 Å². The minimum Gasteiger partial charge on any atom is -0.361 e. The van der Waals surface area contributed by atoms with Gasteiger partial charge in [-0.15, -0.1) is 0 Å². The Kier molecular flexibility index (Phi) is 7.75. The fourth-order valence-electron chi connectivity index (χ4n) is 4.48. The molecule has 0 bridgehead atoms. The number of nitrogens with zero attached hydrogens (tertiary/aromatic N) is 1. The van der Waals surface area contributed by atoms with Crippen molar-refractivity contribution < 1.29 is 14.8 Å². The van der Waals surface area contributed by atoms with Crippen molar-refractivity contribution in [2.75, 3.05) is 18.0 Å². The summed E-state index contributed by atoms with van der Waals surface area (Å²) in [6, 6.07) is 16.5. The van der Waals surface area contributed by atoms with Crippen LogP contribution in [0.3, 0.4) is 0 Å². The number of anilines is 1. The van der Waals surface area contributed by atoms with Crippen molar-refractivity contribution in [1.82, 2.24) is 15.8 Å². The van der Waals surface area contributed by atoms with E-state index in [0.29, 0.717) is 13.0 Å². The molecule has 33 heavy (non-hydrogen) atoms. The number of carbonyl (C=O) groups is 2. The van der Waals surface area contributed by atoms with Crippen LogP contribution < -0.4 is 15.7 Å². The third-order valence-electron chi connectivity index (χ3n) is 6.35. The fourth-order valence-corrected chi connectivity index (χ4v) is 4.48. The van der Waals surface area contributed by atoms with Gasteiger partial charge in [0, 0.05) is 30.4 Å². The molecule has 4 rings (SSSR count). The Labute approximate surface area is 194 Å². The quantitative estimate of drug-likeness (QED) is 0.210. The van der Waals surface area contributed by atoms with E-state index in [9.17, 15) is 9.59 Å². The first kappa shape index (κ1) is 23.0. The lowest BCUT2D eigenvalue weighted by Gasteiger charge is -2.26. The molecule has 2 aromatic carbocycles. The molecule has 7 heteroatoms. The number of nitrogens with one attached hydrogen (secondary N) is 3. The number of hydroxylamine groups is 1. The van der Waals surface area contributed by atoms with Crippen molar-refractivity contribution in [1.29, 1.82) is 0 Å². The molecule has 1 aliphatic heterocycles. The molecule has 4 N–H and O–H groups in total. The van der Waals surface area contributed by atoms with Crippen LogP contribution >= 0.6 is 0 Å².